The van der Waals surface area contributed by atoms with Crippen molar-refractivity contribution < 1.29 is 18.0 Å². The van der Waals surface area contributed by atoms with Crippen molar-refractivity contribution in [3.8, 4) is 5.69 Å². The number of rotatable bonds is 2. The third kappa shape index (κ3) is 2.98. The van der Waals surface area contributed by atoms with Crippen LogP contribution in [-0.2, 0) is 11.0 Å². The van der Waals surface area contributed by atoms with Gasteiger partial charge in [0, 0.05) is 34.4 Å². The maximum atomic E-state index is 12.9. The number of fused-ring (bicyclic) bond motifs is 1. The normalized spacial score (nSPS) is 15.0. The number of carbonyl (C=O) groups excluding carboxylic acids is 1. The predicted molar refractivity (Wildman–Crippen MR) is 101 cm³/mol. The summed E-state index contributed by atoms with van der Waals surface area (Å²) in [5.41, 5.74) is 3.77. The number of aryl methyl sites for hydroxylation is 1. The highest BCUT2D eigenvalue weighted by Gasteiger charge is 2.33. The van der Waals surface area contributed by atoms with E-state index < -0.39 is 17.6 Å². The van der Waals surface area contributed by atoms with Crippen molar-refractivity contribution in [2.24, 2.45) is 0 Å². The summed E-state index contributed by atoms with van der Waals surface area (Å²) in [4.78, 5) is 16.5. The summed E-state index contributed by atoms with van der Waals surface area (Å²) in [6, 6.07) is 9.00. The molecule has 0 bridgehead atoms. The second-order valence-electron chi connectivity index (χ2n) is 6.64. The molecule has 3 heterocycles. The highest BCUT2D eigenvalue weighted by molar-refractivity contribution is 6.35. The predicted octanol–water partition coefficient (Wildman–Crippen LogP) is 5.00. The number of nitrogens with one attached hydrogen (secondary N) is 1. The van der Waals surface area contributed by atoms with E-state index in [2.05, 4.69) is 10.3 Å². The van der Waals surface area contributed by atoms with Gasteiger partial charge in [0.2, 0.25) is 0 Å². The number of amides is 1. The number of aromatic nitrogens is 2. The van der Waals surface area contributed by atoms with Gasteiger partial charge in [-0.05, 0) is 55.8 Å². The quantitative estimate of drug-likeness (QED) is 0.633. The van der Waals surface area contributed by atoms with Gasteiger partial charge in [-0.1, -0.05) is 6.07 Å². The van der Waals surface area contributed by atoms with Gasteiger partial charge in [-0.25, -0.2) is 0 Å². The average Bonchev–Trinajstić information content (AvgIpc) is 3.10. The second-order valence-corrected chi connectivity index (χ2v) is 6.64. The minimum absolute atomic E-state index is 0.173. The van der Waals surface area contributed by atoms with Crippen molar-refractivity contribution in [3.05, 3.63) is 76.9 Å². The Morgan fingerprint density at radius 1 is 1.14 bits per heavy atom. The van der Waals surface area contributed by atoms with Crippen molar-refractivity contribution in [2.45, 2.75) is 20.0 Å². The van der Waals surface area contributed by atoms with Crippen LogP contribution in [0.1, 0.15) is 28.1 Å². The summed E-state index contributed by atoms with van der Waals surface area (Å²) in [6.45, 7) is 3.87. The molecule has 1 N–H and O–H groups in total. The fourth-order valence-electron chi connectivity index (χ4n) is 3.49. The Morgan fingerprint density at radius 3 is 2.61 bits per heavy atom. The van der Waals surface area contributed by atoms with Crippen LogP contribution in [0.15, 0.2) is 48.8 Å². The maximum Gasteiger partial charge on any atom is 0.416 e. The smallest absolute Gasteiger partial charge is 0.321 e. The van der Waals surface area contributed by atoms with Crippen LogP contribution in [-0.4, -0.2) is 15.5 Å². The van der Waals surface area contributed by atoms with Gasteiger partial charge in [-0.3, -0.25) is 9.78 Å². The maximum absolute atomic E-state index is 12.9. The molecule has 0 radical (unpaired) electrons. The van der Waals surface area contributed by atoms with Gasteiger partial charge in [-0.15, -0.1) is 0 Å². The highest BCUT2D eigenvalue weighted by Crippen LogP contribution is 2.38. The molecule has 0 fully saturated rings. The van der Waals surface area contributed by atoms with Crippen LogP contribution in [0.4, 0.5) is 18.9 Å². The minimum Gasteiger partial charge on any atom is -0.321 e. The van der Waals surface area contributed by atoms with Crippen molar-refractivity contribution in [1.82, 2.24) is 9.55 Å². The lowest BCUT2D eigenvalue weighted by atomic mass is 10.0. The van der Waals surface area contributed by atoms with E-state index in [1.807, 2.05) is 36.6 Å². The third-order valence-corrected chi connectivity index (χ3v) is 4.80. The SMILES string of the molecule is Cc1cc(/C=C2\C(=O)Nc3cc(C(F)(F)F)ccc32)c(C)n1-c1cccnc1. The zero-order chi connectivity index (χ0) is 20.1. The molecule has 4 rings (SSSR count). The number of benzene rings is 1. The first-order valence-electron chi connectivity index (χ1n) is 8.60. The Bertz CT molecular complexity index is 1110. The number of hydrogen-bond acceptors (Lipinski definition) is 2. The van der Waals surface area contributed by atoms with Gasteiger partial charge >= 0.3 is 6.18 Å². The second kappa shape index (κ2) is 6.37. The number of halogens is 3. The van der Waals surface area contributed by atoms with Crippen molar-refractivity contribution in [3.63, 3.8) is 0 Å². The average molecular weight is 383 g/mol. The summed E-state index contributed by atoms with van der Waals surface area (Å²) in [5, 5.41) is 2.53. The summed E-state index contributed by atoms with van der Waals surface area (Å²) in [6.07, 6.45) is 0.688. The Morgan fingerprint density at radius 2 is 1.93 bits per heavy atom. The Labute approximate surface area is 159 Å². The van der Waals surface area contributed by atoms with Crippen molar-refractivity contribution in [1.29, 1.82) is 0 Å². The van der Waals surface area contributed by atoms with E-state index in [1.54, 1.807) is 18.5 Å². The van der Waals surface area contributed by atoms with Crippen LogP contribution in [0.25, 0.3) is 17.3 Å². The van der Waals surface area contributed by atoms with Gasteiger partial charge in [-0.2, -0.15) is 13.2 Å². The molecule has 4 nitrogen and oxygen atoms in total. The van der Waals surface area contributed by atoms with Gasteiger partial charge in [0.15, 0.2) is 0 Å². The summed E-state index contributed by atoms with van der Waals surface area (Å²) in [7, 11) is 0. The van der Waals surface area contributed by atoms with Crippen molar-refractivity contribution >= 4 is 23.2 Å². The van der Waals surface area contributed by atoms with Crippen LogP contribution in [0.3, 0.4) is 0 Å². The molecule has 1 aliphatic heterocycles. The standard InChI is InChI=1S/C21H16F3N3O/c1-12-8-14(13(2)27(12)16-4-3-7-25-11-16)9-18-17-6-5-15(21(22,23)24)10-19(17)26-20(18)28/h3-11H,1-2H3,(H,26,28)/b18-9-. The zero-order valence-corrected chi connectivity index (χ0v) is 15.1. The molecule has 7 heteroatoms. The van der Waals surface area contributed by atoms with E-state index >= 15 is 0 Å². The number of nitrogens with zero attached hydrogens (tertiary/aromatic N) is 2. The molecule has 1 aliphatic rings. The molecule has 0 aliphatic carbocycles. The monoisotopic (exact) mass is 383 g/mol. The van der Waals surface area contributed by atoms with Crippen LogP contribution < -0.4 is 5.32 Å². The van der Waals surface area contributed by atoms with E-state index in [0.29, 0.717) is 11.1 Å². The first-order valence-corrected chi connectivity index (χ1v) is 8.60. The molecule has 1 amide bonds. The molecular formula is C21H16F3N3O. The lowest BCUT2D eigenvalue weighted by Gasteiger charge is -2.09. The third-order valence-electron chi connectivity index (χ3n) is 4.80. The fourth-order valence-corrected chi connectivity index (χ4v) is 3.49. The lowest BCUT2D eigenvalue weighted by molar-refractivity contribution is -0.137. The first-order chi connectivity index (χ1) is 13.3. The lowest BCUT2D eigenvalue weighted by Crippen LogP contribution is -2.06. The van der Waals surface area contributed by atoms with Crippen LogP contribution in [0.2, 0.25) is 0 Å². The Hall–Kier alpha value is -3.35. The van der Waals surface area contributed by atoms with E-state index in [4.69, 9.17) is 0 Å². The Balaban J connectivity index is 1.79. The number of anilines is 1. The zero-order valence-electron chi connectivity index (χ0n) is 15.1. The molecule has 0 saturated heterocycles. The van der Waals surface area contributed by atoms with Gasteiger partial charge in [0.05, 0.1) is 17.4 Å². The molecule has 0 unspecified atom stereocenters. The van der Waals surface area contributed by atoms with E-state index in [-0.39, 0.29) is 5.69 Å². The van der Waals surface area contributed by atoms with E-state index in [0.717, 1.165) is 34.8 Å². The highest BCUT2D eigenvalue weighted by atomic mass is 19.4. The largest absolute Gasteiger partial charge is 0.416 e. The number of alkyl halides is 3. The molecule has 2 aromatic heterocycles. The summed E-state index contributed by atoms with van der Waals surface area (Å²) in [5.74, 6) is -0.416. The molecule has 0 spiro atoms. The minimum atomic E-state index is -4.46. The molecule has 1 aromatic carbocycles. The topological polar surface area (TPSA) is 46.9 Å². The molecular weight excluding hydrogens is 367 g/mol. The molecule has 142 valence electrons. The van der Waals surface area contributed by atoms with E-state index in [1.165, 1.54) is 6.07 Å². The number of hydrogen-bond donors (Lipinski definition) is 1. The summed E-state index contributed by atoms with van der Waals surface area (Å²) >= 11 is 0. The van der Waals surface area contributed by atoms with E-state index in [9.17, 15) is 18.0 Å². The molecule has 3 aromatic rings. The fraction of sp³-hybridized carbons (Fsp3) is 0.143. The first kappa shape index (κ1) is 18.0. The van der Waals surface area contributed by atoms with Gasteiger partial charge in [0.1, 0.15) is 0 Å². The van der Waals surface area contributed by atoms with Crippen LogP contribution in [0.5, 0.6) is 0 Å². The molecule has 0 atom stereocenters. The summed E-state index contributed by atoms with van der Waals surface area (Å²) < 4.78 is 40.8. The Kier molecular flexibility index (Phi) is 4.10. The molecule has 28 heavy (non-hydrogen) atoms. The molecule has 0 saturated carbocycles. The van der Waals surface area contributed by atoms with Crippen molar-refractivity contribution in [2.75, 3.05) is 5.32 Å². The number of carbonyl (C=O) groups is 1. The number of pyridine rings is 1. The van der Waals surface area contributed by atoms with Crippen LogP contribution >= 0.6 is 0 Å². The van der Waals surface area contributed by atoms with Crippen LogP contribution in [0, 0.1) is 13.8 Å². The van der Waals surface area contributed by atoms with Gasteiger partial charge in [0.25, 0.3) is 5.91 Å². The van der Waals surface area contributed by atoms with Gasteiger partial charge < -0.3 is 9.88 Å².